The highest BCUT2D eigenvalue weighted by Crippen LogP contribution is 2.33. The van der Waals surface area contributed by atoms with Gasteiger partial charge in [-0.25, -0.2) is 4.98 Å². The molecule has 1 aromatic carbocycles. The molecule has 0 fully saturated rings. The monoisotopic (exact) mass is 322 g/mol. The van der Waals surface area contributed by atoms with Crippen LogP contribution in [-0.2, 0) is 25.8 Å². The molecule has 24 heavy (non-hydrogen) atoms. The van der Waals surface area contributed by atoms with Gasteiger partial charge in [0, 0.05) is 35.6 Å². The predicted octanol–water partition coefficient (Wildman–Crippen LogP) is 4.13. The van der Waals surface area contributed by atoms with E-state index in [0.29, 0.717) is 0 Å². The molecule has 0 aliphatic rings. The van der Waals surface area contributed by atoms with Crippen molar-refractivity contribution in [3.05, 3.63) is 71.1 Å². The second-order valence-corrected chi connectivity index (χ2v) is 6.08. The topological polar surface area (TPSA) is 46.5 Å². The van der Waals surface area contributed by atoms with Crippen LogP contribution in [0.4, 0.5) is 0 Å². The molecular weight excluding hydrogens is 296 g/mol. The molecule has 0 radical (unpaired) electrons. The lowest BCUT2D eigenvalue weighted by Gasteiger charge is -2.18. The van der Waals surface area contributed by atoms with Crippen molar-refractivity contribution in [2.45, 2.75) is 52.5 Å². The second-order valence-electron chi connectivity index (χ2n) is 6.08. The van der Waals surface area contributed by atoms with E-state index in [1.165, 1.54) is 28.2 Å². The van der Waals surface area contributed by atoms with Crippen molar-refractivity contribution in [3.8, 4) is 0 Å². The summed E-state index contributed by atoms with van der Waals surface area (Å²) < 4.78 is 2.17. The number of aryl methyl sites for hydroxylation is 2. The minimum Gasteiger partial charge on any atom is -0.348 e. The van der Waals surface area contributed by atoms with Crippen LogP contribution < -0.4 is 0 Å². The average Bonchev–Trinajstić information content (AvgIpc) is 3.27. The van der Waals surface area contributed by atoms with Gasteiger partial charge in [-0.1, -0.05) is 44.2 Å². The van der Waals surface area contributed by atoms with E-state index in [2.05, 4.69) is 65.8 Å². The van der Waals surface area contributed by atoms with Crippen molar-refractivity contribution >= 4 is 0 Å². The Hall–Kier alpha value is -2.36. The van der Waals surface area contributed by atoms with E-state index in [-0.39, 0.29) is 5.92 Å². The molecule has 3 aromatic rings. The molecule has 1 N–H and O–H groups in total. The van der Waals surface area contributed by atoms with Crippen molar-refractivity contribution in [2.75, 3.05) is 0 Å². The zero-order valence-corrected chi connectivity index (χ0v) is 14.8. The maximum absolute atomic E-state index is 4.87. The predicted molar refractivity (Wildman–Crippen MR) is 97.2 cm³/mol. The largest absolute Gasteiger partial charge is 0.348 e. The normalized spacial score (nSPS) is 12.5. The Labute approximate surface area is 144 Å². The Morgan fingerprint density at radius 2 is 1.88 bits per heavy atom. The number of hydrogen-bond donors (Lipinski definition) is 1. The first-order chi connectivity index (χ1) is 11.8. The zero-order valence-electron chi connectivity index (χ0n) is 14.8. The summed E-state index contributed by atoms with van der Waals surface area (Å²) in [4.78, 5) is 7.60. The van der Waals surface area contributed by atoms with Gasteiger partial charge in [0.2, 0.25) is 0 Å². The van der Waals surface area contributed by atoms with Crippen LogP contribution in [0.3, 0.4) is 0 Å². The molecule has 1 atom stereocenters. The van der Waals surface area contributed by atoms with E-state index in [1.807, 2.05) is 6.20 Å². The maximum Gasteiger partial charge on any atom is 0.0921 e. The van der Waals surface area contributed by atoms with Crippen LogP contribution >= 0.6 is 0 Å². The summed E-state index contributed by atoms with van der Waals surface area (Å²) in [6, 6.07) is 10.7. The van der Waals surface area contributed by atoms with Crippen LogP contribution in [0.2, 0.25) is 0 Å². The van der Waals surface area contributed by atoms with E-state index in [4.69, 9.17) is 5.10 Å². The molecule has 0 amide bonds. The van der Waals surface area contributed by atoms with Crippen molar-refractivity contribution < 1.29 is 0 Å². The van der Waals surface area contributed by atoms with Crippen LogP contribution in [0.1, 0.15) is 54.9 Å². The molecule has 4 nitrogen and oxygen atoms in total. The molecule has 4 heteroatoms. The number of nitrogens with zero attached hydrogens (tertiary/aromatic N) is 3. The van der Waals surface area contributed by atoms with Gasteiger partial charge in [-0.05, 0) is 31.7 Å². The fourth-order valence-electron chi connectivity index (χ4n) is 3.54. The highest BCUT2D eigenvalue weighted by molar-refractivity contribution is 5.38. The third-order valence-electron chi connectivity index (χ3n) is 4.67. The van der Waals surface area contributed by atoms with Crippen LogP contribution in [0.15, 0.2) is 42.9 Å². The number of imidazole rings is 1. The van der Waals surface area contributed by atoms with Crippen LogP contribution in [0, 0.1) is 0 Å². The zero-order chi connectivity index (χ0) is 16.9. The van der Waals surface area contributed by atoms with Gasteiger partial charge in [0.05, 0.1) is 12.0 Å². The summed E-state index contributed by atoms with van der Waals surface area (Å²) in [5.74, 6) is 0.264. The first-order valence-corrected chi connectivity index (χ1v) is 8.89. The molecule has 126 valence electrons. The Bertz CT molecular complexity index is 757. The number of hydrogen-bond acceptors (Lipinski definition) is 2. The Kier molecular flexibility index (Phi) is 5.14. The molecule has 2 aromatic heterocycles. The number of aromatic nitrogens is 4. The molecule has 0 bridgehead atoms. The first kappa shape index (κ1) is 16.5. The highest BCUT2D eigenvalue weighted by Gasteiger charge is 2.25. The van der Waals surface area contributed by atoms with Crippen LogP contribution in [0.25, 0.3) is 0 Å². The van der Waals surface area contributed by atoms with Gasteiger partial charge in [0.1, 0.15) is 0 Å². The van der Waals surface area contributed by atoms with E-state index in [0.717, 1.165) is 25.8 Å². The van der Waals surface area contributed by atoms with Crippen molar-refractivity contribution in [2.24, 2.45) is 0 Å². The van der Waals surface area contributed by atoms with Crippen LogP contribution in [0.5, 0.6) is 0 Å². The smallest absolute Gasteiger partial charge is 0.0921 e. The molecule has 0 aliphatic heterocycles. The molecule has 0 aliphatic carbocycles. The maximum atomic E-state index is 4.87. The van der Waals surface area contributed by atoms with Crippen molar-refractivity contribution in [1.82, 2.24) is 19.7 Å². The second kappa shape index (κ2) is 7.47. The van der Waals surface area contributed by atoms with Gasteiger partial charge >= 0.3 is 0 Å². The van der Waals surface area contributed by atoms with Gasteiger partial charge in [-0.2, -0.15) is 5.10 Å². The third-order valence-corrected chi connectivity index (χ3v) is 4.67. The van der Waals surface area contributed by atoms with Gasteiger partial charge in [-0.3, -0.25) is 4.68 Å². The fourth-order valence-corrected chi connectivity index (χ4v) is 3.54. The summed E-state index contributed by atoms with van der Waals surface area (Å²) in [5.41, 5.74) is 6.45. The SMILES string of the molecule is CCc1nn(CC)c(CC)c1C(Cc1ccccc1)c1cnc[nH]1. The van der Waals surface area contributed by atoms with E-state index in [9.17, 15) is 0 Å². The summed E-state index contributed by atoms with van der Waals surface area (Å²) in [5, 5.41) is 4.87. The molecule has 0 saturated carbocycles. The van der Waals surface area contributed by atoms with Crippen LogP contribution in [-0.4, -0.2) is 19.7 Å². The molecule has 3 rings (SSSR count). The van der Waals surface area contributed by atoms with Crippen molar-refractivity contribution in [1.29, 1.82) is 0 Å². The lowest BCUT2D eigenvalue weighted by atomic mass is 9.87. The summed E-state index contributed by atoms with van der Waals surface area (Å²) >= 11 is 0. The van der Waals surface area contributed by atoms with Gasteiger partial charge in [-0.15, -0.1) is 0 Å². The molecule has 0 spiro atoms. The Balaban J connectivity index is 2.11. The van der Waals surface area contributed by atoms with E-state index < -0.39 is 0 Å². The average molecular weight is 322 g/mol. The standard InChI is InChI=1S/C20H26N4/c1-4-17-20(19(5-2)24(6-3)23-17)16(18-13-21-14-22-18)12-15-10-8-7-9-11-15/h7-11,13-14,16H,4-6,12H2,1-3H3,(H,21,22). The van der Waals surface area contributed by atoms with E-state index in [1.54, 1.807) is 6.33 Å². The highest BCUT2D eigenvalue weighted by atomic mass is 15.3. The van der Waals surface area contributed by atoms with Gasteiger partial charge in [0.15, 0.2) is 0 Å². The molecule has 1 unspecified atom stereocenters. The summed E-state index contributed by atoms with van der Waals surface area (Å²) in [6.45, 7) is 7.49. The quantitative estimate of drug-likeness (QED) is 0.711. The van der Waals surface area contributed by atoms with Gasteiger partial charge in [0.25, 0.3) is 0 Å². The minimum absolute atomic E-state index is 0.264. The Morgan fingerprint density at radius 3 is 2.46 bits per heavy atom. The fraction of sp³-hybridized carbons (Fsp3) is 0.400. The Morgan fingerprint density at radius 1 is 1.08 bits per heavy atom. The molecular formula is C20H26N4. The molecule has 0 saturated heterocycles. The number of benzene rings is 1. The number of nitrogens with one attached hydrogen (secondary N) is 1. The lowest BCUT2D eigenvalue weighted by molar-refractivity contribution is 0.615. The minimum atomic E-state index is 0.264. The summed E-state index contributed by atoms with van der Waals surface area (Å²) in [6.07, 6.45) is 6.63. The van der Waals surface area contributed by atoms with E-state index >= 15 is 0 Å². The van der Waals surface area contributed by atoms with Crippen molar-refractivity contribution in [3.63, 3.8) is 0 Å². The number of aromatic amines is 1. The lowest BCUT2D eigenvalue weighted by Crippen LogP contribution is -2.11. The molecule has 2 heterocycles. The van der Waals surface area contributed by atoms with Gasteiger partial charge < -0.3 is 4.98 Å². The number of H-pyrrole nitrogens is 1. The number of rotatable bonds is 7. The first-order valence-electron chi connectivity index (χ1n) is 8.89. The third kappa shape index (κ3) is 3.14. The summed E-state index contributed by atoms with van der Waals surface area (Å²) in [7, 11) is 0.